The summed E-state index contributed by atoms with van der Waals surface area (Å²) in [5, 5.41) is 8.58. The van der Waals surface area contributed by atoms with E-state index in [1.54, 1.807) is 6.92 Å². The van der Waals surface area contributed by atoms with E-state index in [9.17, 15) is 22.8 Å². The van der Waals surface area contributed by atoms with Crippen LogP contribution < -0.4 is 0 Å². The second-order valence-electron chi connectivity index (χ2n) is 4.74. The molecule has 5 nitrogen and oxygen atoms in total. The van der Waals surface area contributed by atoms with Crippen molar-refractivity contribution < 1.29 is 27.9 Å². The summed E-state index contributed by atoms with van der Waals surface area (Å²) in [5.74, 6) is -1.44. The van der Waals surface area contributed by atoms with Gasteiger partial charge in [0.05, 0.1) is 0 Å². The van der Waals surface area contributed by atoms with E-state index >= 15 is 0 Å². The van der Waals surface area contributed by atoms with Gasteiger partial charge in [-0.15, -0.1) is 0 Å². The Bertz CT molecular complexity index is 332. The molecule has 1 N–H and O–H groups in total. The van der Waals surface area contributed by atoms with Gasteiger partial charge in [0, 0.05) is 13.1 Å². The highest BCUT2D eigenvalue weighted by atomic mass is 19.4. The summed E-state index contributed by atoms with van der Waals surface area (Å²) in [5.41, 5.74) is 0. The number of rotatable bonds is 5. The Morgan fingerprint density at radius 2 is 1.68 bits per heavy atom. The number of carboxylic acids is 1. The first-order valence-electron chi connectivity index (χ1n) is 5.76. The van der Waals surface area contributed by atoms with Gasteiger partial charge < -0.3 is 14.9 Å². The van der Waals surface area contributed by atoms with Crippen LogP contribution in [0.3, 0.4) is 0 Å². The number of halogens is 3. The molecule has 0 aromatic rings. The molecule has 0 bridgehead atoms. The molecule has 19 heavy (non-hydrogen) atoms. The lowest BCUT2D eigenvalue weighted by molar-refractivity contribution is -0.149. The van der Waals surface area contributed by atoms with Crippen molar-refractivity contribution >= 4 is 12.0 Å². The van der Waals surface area contributed by atoms with Gasteiger partial charge in [0.2, 0.25) is 0 Å². The maximum Gasteiger partial charge on any atom is 0.406 e. The molecule has 0 aromatic heterocycles. The van der Waals surface area contributed by atoms with E-state index < -0.39 is 31.3 Å². The highest BCUT2D eigenvalue weighted by Gasteiger charge is 2.36. The smallest absolute Gasteiger partial charge is 0.406 e. The maximum atomic E-state index is 12.3. The minimum atomic E-state index is -4.63. The van der Waals surface area contributed by atoms with Crippen LogP contribution in [0.4, 0.5) is 18.0 Å². The molecule has 112 valence electrons. The van der Waals surface area contributed by atoms with Crippen molar-refractivity contribution in [2.45, 2.75) is 33.0 Å². The van der Waals surface area contributed by atoms with E-state index in [1.807, 2.05) is 13.8 Å². The Labute approximate surface area is 110 Å². The predicted molar refractivity (Wildman–Crippen MR) is 62.7 cm³/mol. The van der Waals surface area contributed by atoms with Crippen molar-refractivity contribution in [1.82, 2.24) is 9.80 Å². The zero-order chi connectivity index (χ0) is 15.4. The monoisotopic (exact) mass is 284 g/mol. The van der Waals surface area contributed by atoms with Crippen LogP contribution in [0.15, 0.2) is 0 Å². The highest BCUT2D eigenvalue weighted by molar-refractivity contribution is 5.80. The van der Waals surface area contributed by atoms with Crippen molar-refractivity contribution in [1.29, 1.82) is 0 Å². The number of carboxylic acid groups (broad SMARTS) is 1. The summed E-state index contributed by atoms with van der Waals surface area (Å²) in [7, 11) is 1.36. The number of hydrogen-bond donors (Lipinski definition) is 1. The predicted octanol–water partition coefficient (Wildman–Crippen LogP) is 2.03. The van der Waals surface area contributed by atoms with Crippen molar-refractivity contribution in [3.05, 3.63) is 0 Å². The van der Waals surface area contributed by atoms with E-state index in [4.69, 9.17) is 5.11 Å². The minimum Gasteiger partial charge on any atom is -0.480 e. The van der Waals surface area contributed by atoms with Crippen LogP contribution in [-0.2, 0) is 4.79 Å². The van der Waals surface area contributed by atoms with Gasteiger partial charge in [-0.05, 0) is 12.8 Å². The number of nitrogens with zero attached hydrogens (tertiary/aromatic N) is 2. The quantitative estimate of drug-likeness (QED) is 0.840. The van der Waals surface area contributed by atoms with E-state index in [-0.39, 0.29) is 16.9 Å². The average Bonchev–Trinajstić information content (AvgIpc) is 2.22. The molecule has 8 heteroatoms. The first-order chi connectivity index (χ1) is 8.45. The third-order valence-electron chi connectivity index (χ3n) is 2.84. The molecule has 0 saturated heterocycles. The van der Waals surface area contributed by atoms with Crippen molar-refractivity contribution in [2.24, 2.45) is 5.92 Å². The number of carbonyl (C=O) groups is 2. The van der Waals surface area contributed by atoms with Crippen LogP contribution in [0, 0.1) is 5.92 Å². The van der Waals surface area contributed by atoms with Crippen LogP contribution in [0.2, 0.25) is 0 Å². The van der Waals surface area contributed by atoms with Crippen LogP contribution in [0.1, 0.15) is 20.8 Å². The standard InChI is InChI=1S/C11H19F3N2O3/c1-7(2)8(3)15(4)10(19)16(5-9(17)18)6-11(12,13)14/h7-8H,5-6H2,1-4H3,(H,17,18). The van der Waals surface area contributed by atoms with Crippen LogP contribution >= 0.6 is 0 Å². The van der Waals surface area contributed by atoms with E-state index in [2.05, 4.69) is 0 Å². The van der Waals surface area contributed by atoms with Gasteiger partial charge in [0.25, 0.3) is 0 Å². The summed E-state index contributed by atoms with van der Waals surface area (Å²) in [4.78, 5) is 23.8. The number of carbonyl (C=O) groups excluding carboxylic acids is 1. The molecular formula is C11H19F3N2O3. The lowest BCUT2D eigenvalue weighted by Gasteiger charge is -2.33. The summed E-state index contributed by atoms with van der Waals surface area (Å²) in [6.07, 6.45) is -4.63. The molecule has 0 heterocycles. The second-order valence-corrected chi connectivity index (χ2v) is 4.74. The van der Waals surface area contributed by atoms with Crippen molar-refractivity contribution in [3.8, 4) is 0 Å². The normalized spacial score (nSPS) is 13.3. The topological polar surface area (TPSA) is 60.9 Å². The van der Waals surface area contributed by atoms with Crippen LogP contribution in [0.5, 0.6) is 0 Å². The van der Waals surface area contributed by atoms with Crippen molar-refractivity contribution in [2.75, 3.05) is 20.1 Å². The third kappa shape index (κ3) is 6.30. The molecule has 1 unspecified atom stereocenters. The Morgan fingerprint density at radius 1 is 1.21 bits per heavy atom. The number of aliphatic carboxylic acids is 1. The first kappa shape index (κ1) is 17.5. The number of hydrogen-bond acceptors (Lipinski definition) is 2. The zero-order valence-corrected chi connectivity index (χ0v) is 11.4. The van der Waals surface area contributed by atoms with Gasteiger partial charge in [-0.3, -0.25) is 4.79 Å². The first-order valence-corrected chi connectivity index (χ1v) is 5.76. The molecule has 0 aliphatic rings. The van der Waals surface area contributed by atoms with E-state index in [0.29, 0.717) is 0 Å². The molecule has 0 aliphatic heterocycles. The van der Waals surface area contributed by atoms with Crippen molar-refractivity contribution in [3.63, 3.8) is 0 Å². The Kier molecular flexibility index (Phi) is 6.11. The Morgan fingerprint density at radius 3 is 2.00 bits per heavy atom. The molecular weight excluding hydrogens is 265 g/mol. The third-order valence-corrected chi connectivity index (χ3v) is 2.84. The molecule has 0 saturated carbocycles. The van der Waals surface area contributed by atoms with Gasteiger partial charge >= 0.3 is 18.2 Å². The fraction of sp³-hybridized carbons (Fsp3) is 0.818. The van der Waals surface area contributed by atoms with E-state index in [1.165, 1.54) is 7.05 Å². The molecule has 0 aromatic carbocycles. The molecule has 0 radical (unpaired) electrons. The van der Waals surface area contributed by atoms with Gasteiger partial charge in [-0.1, -0.05) is 13.8 Å². The summed E-state index contributed by atoms with van der Waals surface area (Å²) < 4.78 is 37.0. The summed E-state index contributed by atoms with van der Waals surface area (Å²) in [6, 6.07) is -1.24. The summed E-state index contributed by atoms with van der Waals surface area (Å²) in [6.45, 7) is 2.77. The number of urea groups is 1. The second kappa shape index (κ2) is 6.63. The fourth-order valence-corrected chi connectivity index (χ4v) is 1.42. The highest BCUT2D eigenvalue weighted by Crippen LogP contribution is 2.18. The largest absolute Gasteiger partial charge is 0.480 e. The van der Waals surface area contributed by atoms with Gasteiger partial charge in [-0.25, -0.2) is 4.79 Å². The number of amides is 2. The van der Waals surface area contributed by atoms with E-state index in [0.717, 1.165) is 4.90 Å². The SMILES string of the molecule is CC(C)C(C)N(C)C(=O)N(CC(=O)O)CC(F)(F)F. The van der Waals surface area contributed by atoms with Gasteiger partial charge in [-0.2, -0.15) is 13.2 Å². The molecule has 0 aliphatic carbocycles. The van der Waals surface area contributed by atoms with Crippen LogP contribution in [-0.4, -0.2) is 59.3 Å². The molecule has 0 rings (SSSR count). The van der Waals surface area contributed by atoms with Gasteiger partial charge in [0.15, 0.2) is 0 Å². The molecule has 0 fully saturated rings. The molecule has 0 spiro atoms. The Hall–Kier alpha value is -1.47. The lowest BCUT2D eigenvalue weighted by atomic mass is 10.1. The zero-order valence-electron chi connectivity index (χ0n) is 11.4. The average molecular weight is 284 g/mol. The van der Waals surface area contributed by atoms with Crippen LogP contribution in [0.25, 0.3) is 0 Å². The summed E-state index contributed by atoms with van der Waals surface area (Å²) >= 11 is 0. The Balaban J connectivity index is 4.94. The fourth-order valence-electron chi connectivity index (χ4n) is 1.42. The lowest BCUT2D eigenvalue weighted by Crippen LogP contribution is -2.51. The minimum absolute atomic E-state index is 0.0477. The molecule has 2 amide bonds. The van der Waals surface area contributed by atoms with Gasteiger partial charge in [0.1, 0.15) is 13.1 Å². The number of alkyl halides is 3. The maximum absolute atomic E-state index is 12.3. The molecule has 1 atom stereocenters.